The largest absolute Gasteiger partial charge is 0.490 e. The van der Waals surface area contributed by atoms with Gasteiger partial charge in [0, 0.05) is 50.1 Å². The second-order valence-corrected chi connectivity index (χ2v) is 8.16. The summed E-state index contributed by atoms with van der Waals surface area (Å²) in [6.07, 6.45) is 3.19. The highest BCUT2D eigenvalue weighted by molar-refractivity contribution is 7.15. The lowest BCUT2D eigenvalue weighted by Crippen LogP contribution is -2.41. The van der Waals surface area contributed by atoms with E-state index >= 15 is 0 Å². The van der Waals surface area contributed by atoms with Crippen molar-refractivity contribution in [1.29, 1.82) is 0 Å². The number of aromatic nitrogens is 5. The number of nitrogens with two attached hydrogens (primary N) is 1. The Kier molecular flexibility index (Phi) is 7.45. The lowest BCUT2D eigenvalue weighted by atomic mass is 9.97. The van der Waals surface area contributed by atoms with Gasteiger partial charge in [-0.1, -0.05) is 5.21 Å². The van der Waals surface area contributed by atoms with E-state index in [0.717, 1.165) is 48.8 Å². The zero-order chi connectivity index (χ0) is 23.3. The molecule has 14 heteroatoms. The Hall–Kier alpha value is -3.00. The summed E-state index contributed by atoms with van der Waals surface area (Å²) in [5.74, 6) is -2.21. The Balaban J connectivity index is 0.000000360. The third-order valence-corrected chi connectivity index (χ3v) is 5.60. The Morgan fingerprint density at radius 1 is 1.28 bits per heavy atom. The number of nitrogens with zero attached hydrogens (tertiary/aromatic N) is 6. The van der Waals surface area contributed by atoms with Gasteiger partial charge < -0.3 is 15.7 Å². The van der Waals surface area contributed by atoms with Gasteiger partial charge in [0.05, 0.1) is 17.8 Å². The highest BCUT2D eigenvalue weighted by Gasteiger charge is 2.38. The first-order chi connectivity index (χ1) is 15.2. The molecule has 1 atom stereocenters. The third-order valence-electron chi connectivity index (χ3n) is 4.83. The number of rotatable bonds is 5. The topological polar surface area (TPSA) is 132 Å². The number of carbonyl (C=O) groups is 2. The fraction of sp³-hybridized carbons (Fsp3) is 0.500. The number of fused-ring (bicyclic) bond motifs is 1. The van der Waals surface area contributed by atoms with Crippen molar-refractivity contribution in [2.75, 3.05) is 13.1 Å². The molecule has 4 rings (SSSR count). The van der Waals surface area contributed by atoms with Crippen LogP contribution in [0, 0.1) is 5.92 Å². The molecule has 3 aromatic rings. The van der Waals surface area contributed by atoms with Gasteiger partial charge in [-0.2, -0.15) is 13.2 Å². The number of carboxylic acids is 1. The van der Waals surface area contributed by atoms with Crippen molar-refractivity contribution in [3.05, 3.63) is 35.4 Å². The smallest absolute Gasteiger partial charge is 0.475 e. The Bertz CT molecular complexity index is 1030. The fourth-order valence-corrected chi connectivity index (χ4v) is 4.07. The minimum Gasteiger partial charge on any atom is -0.475 e. The van der Waals surface area contributed by atoms with Gasteiger partial charge in [0.2, 0.25) is 5.91 Å². The molecule has 3 N–H and O–H groups in total. The average molecular weight is 473 g/mol. The van der Waals surface area contributed by atoms with Crippen LogP contribution in [-0.4, -0.2) is 65.5 Å². The van der Waals surface area contributed by atoms with Gasteiger partial charge in [-0.3, -0.25) is 13.9 Å². The van der Waals surface area contributed by atoms with Crippen molar-refractivity contribution in [3.8, 4) is 0 Å². The number of aliphatic carboxylic acids is 1. The molecule has 1 unspecified atom stereocenters. The van der Waals surface area contributed by atoms with Crippen molar-refractivity contribution in [1.82, 2.24) is 29.3 Å². The van der Waals surface area contributed by atoms with Crippen LogP contribution in [-0.2, 0) is 29.1 Å². The lowest BCUT2D eigenvalue weighted by Gasteiger charge is -2.32. The van der Waals surface area contributed by atoms with E-state index in [1.54, 1.807) is 11.3 Å². The molecule has 32 heavy (non-hydrogen) atoms. The Labute approximate surface area is 184 Å². The van der Waals surface area contributed by atoms with Crippen LogP contribution in [0.2, 0.25) is 0 Å². The van der Waals surface area contributed by atoms with E-state index in [1.165, 1.54) is 0 Å². The first kappa shape index (κ1) is 23.7. The van der Waals surface area contributed by atoms with E-state index in [2.05, 4.69) is 15.3 Å². The number of halogens is 3. The number of carbonyl (C=O) groups excluding carboxylic acids is 1. The molecule has 0 spiro atoms. The summed E-state index contributed by atoms with van der Waals surface area (Å²) >= 11 is 1.58. The number of imidazole rings is 1. The van der Waals surface area contributed by atoms with Gasteiger partial charge in [0.1, 0.15) is 0 Å². The Morgan fingerprint density at radius 3 is 2.66 bits per heavy atom. The van der Waals surface area contributed by atoms with E-state index in [9.17, 15) is 18.0 Å². The molecule has 0 bridgehead atoms. The summed E-state index contributed by atoms with van der Waals surface area (Å²) in [5.41, 5.74) is 7.21. The minimum atomic E-state index is -5.08. The maximum absolute atomic E-state index is 12.6. The van der Waals surface area contributed by atoms with E-state index in [0.29, 0.717) is 18.9 Å². The molecule has 1 fully saturated rings. The molecular weight excluding hydrogens is 451 g/mol. The van der Waals surface area contributed by atoms with Gasteiger partial charge >= 0.3 is 12.1 Å². The van der Waals surface area contributed by atoms with E-state index in [-0.39, 0.29) is 5.91 Å². The first-order valence-corrected chi connectivity index (χ1v) is 10.6. The van der Waals surface area contributed by atoms with Gasteiger partial charge in [0.15, 0.2) is 4.96 Å². The van der Waals surface area contributed by atoms with Crippen LogP contribution in [0.15, 0.2) is 24.0 Å². The number of thiazole rings is 1. The van der Waals surface area contributed by atoms with Crippen molar-refractivity contribution in [2.45, 2.75) is 38.5 Å². The molecule has 3 aromatic heterocycles. The van der Waals surface area contributed by atoms with Crippen molar-refractivity contribution in [2.24, 2.45) is 11.7 Å². The van der Waals surface area contributed by atoms with Gasteiger partial charge in [-0.25, -0.2) is 9.78 Å². The predicted molar refractivity (Wildman–Crippen MR) is 108 cm³/mol. The highest BCUT2D eigenvalue weighted by atomic mass is 32.1. The molecule has 1 aliphatic heterocycles. The summed E-state index contributed by atoms with van der Waals surface area (Å²) < 4.78 is 35.5. The normalized spacial score (nSPS) is 16.6. The van der Waals surface area contributed by atoms with Gasteiger partial charge in [-0.15, -0.1) is 16.4 Å². The maximum Gasteiger partial charge on any atom is 0.490 e. The number of amides is 1. The molecular formula is C18H22F3N7O3S. The van der Waals surface area contributed by atoms with Gasteiger partial charge in [-0.05, 0) is 18.8 Å². The summed E-state index contributed by atoms with van der Waals surface area (Å²) in [6.45, 7) is 2.76. The number of hydrogen-bond acceptors (Lipinski definition) is 7. The zero-order valence-corrected chi connectivity index (χ0v) is 17.7. The first-order valence-electron chi connectivity index (χ1n) is 9.73. The second kappa shape index (κ2) is 10.1. The average Bonchev–Trinajstić information content (AvgIpc) is 3.44. The van der Waals surface area contributed by atoms with Crippen LogP contribution in [0.5, 0.6) is 0 Å². The summed E-state index contributed by atoms with van der Waals surface area (Å²) in [6, 6.07) is 0. The van der Waals surface area contributed by atoms with Crippen LogP contribution in [0.25, 0.3) is 4.96 Å². The molecule has 174 valence electrons. The summed E-state index contributed by atoms with van der Waals surface area (Å²) in [5, 5.41) is 17.2. The fourth-order valence-electron chi connectivity index (χ4n) is 3.35. The molecule has 0 aromatic carbocycles. The molecule has 0 saturated carbocycles. The predicted octanol–water partition coefficient (Wildman–Crippen LogP) is 1.56. The number of likely N-dealkylation sites (tertiary alicyclic amines) is 1. The van der Waals surface area contributed by atoms with Crippen LogP contribution < -0.4 is 5.73 Å². The quantitative estimate of drug-likeness (QED) is 0.575. The SMILES string of the molecule is NCc1cn(CC2CCCN(C(=O)Cc3cn4ccsc4n3)C2)nn1.O=C(O)C(F)(F)F. The minimum absolute atomic E-state index is 0.150. The maximum atomic E-state index is 12.6. The Morgan fingerprint density at radius 2 is 2.03 bits per heavy atom. The van der Waals surface area contributed by atoms with Gasteiger partial charge in [0.25, 0.3) is 0 Å². The second-order valence-electron chi connectivity index (χ2n) is 7.29. The van der Waals surface area contributed by atoms with E-state index in [1.807, 2.05) is 38.0 Å². The number of carboxylic acid groups (broad SMARTS) is 1. The zero-order valence-electron chi connectivity index (χ0n) is 16.9. The van der Waals surface area contributed by atoms with Crippen LogP contribution in [0.1, 0.15) is 24.2 Å². The number of piperidine rings is 1. The van der Waals surface area contributed by atoms with E-state index in [4.69, 9.17) is 15.6 Å². The molecule has 1 aliphatic rings. The third kappa shape index (κ3) is 6.26. The monoisotopic (exact) mass is 473 g/mol. The lowest BCUT2D eigenvalue weighted by molar-refractivity contribution is -0.192. The molecule has 0 radical (unpaired) electrons. The van der Waals surface area contributed by atoms with Crippen LogP contribution in [0.3, 0.4) is 0 Å². The summed E-state index contributed by atoms with van der Waals surface area (Å²) in [7, 11) is 0. The van der Waals surface area contributed by atoms with Crippen LogP contribution >= 0.6 is 11.3 Å². The van der Waals surface area contributed by atoms with E-state index < -0.39 is 12.1 Å². The van der Waals surface area contributed by atoms with Crippen LogP contribution in [0.4, 0.5) is 13.2 Å². The molecule has 1 amide bonds. The highest BCUT2D eigenvalue weighted by Crippen LogP contribution is 2.20. The standard InChI is InChI=1S/C16H21N7OS.C2HF3O2/c17-7-14-11-23(20-19-14)9-12-2-1-3-21(8-12)15(24)6-13-10-22-4-5-25-16(22)18-13;3-2(4,5)1(6)7/h4-5,10-12H,1-3,6-9,17H2;(H,6,7). The molecule has 1 saturated heterocycles. The number of alkyl halides is 3. The summed E-state index contributed by atoms with van der Waals surface area (Å²) in [4.78, 5) is 28.9. The molecule has 0 aliphatic carbocycles. The van der Waals surface area contributed by atoms with Crippen molar-refractivity contribution < 1.29 is 27.9 Å². The number of hydrogen-bond donors (Lipinski definition) is 2. The van der Waals surface area contributed by atoms with Crippen molar-refractivity contribution >= 4 is 28.2 Å². The molecule has 10 nitrogen and oxygen atoms in total. The molecule has 4 heterocycles. The van der Waals surface area contributed by atoms with Crippen molar-refractivity contribution in [3.63, 3.8) is 0 Å².